The molecular weight excluding hydrogens is 240 g/mol. The average molecular weight is 264 g/mol. The molecule has 0 fully saturated rings. The van der Waals surface area contributed by atoms with Crippen LogP contribution in [0.3, 0.4) is 0 Å². The lowest BCUT2D eigenvalue weighted by molar-refractivity contribution is -0.122. The molecule has 1 aromatic rings. The summed E-state index contributed by atoms with van der Waals surface area (Å²) in [7, 11) is 0. The zero-order valence-corrected chi connectivity index (χ0v) is 12.1. The number of rotatable bonds is 8. The van der Waals surface area contributed by atoms with E-state index < -0.39 is 0 Å². The first-order valence-electron chi connectivity index (χ1n) is 6.81. The fraction of sp³-hybridized carbons (Fsp3) is 0.533. The van der Waals surface area contributed by atoms with E-state index in [9.17, 15) is 4.79 Å². The fourth-order valence-electron chi connectivity index (χ4n) is 1.73. The van der Waals surface area contributed by atoms with E-state index in [4.69, 9.17) is 4.74 Å². The van der Waals surface area contributed by atoms with Gasteiger partial charge >= 0.3 is 0 Å². The fourth-order valence-corrected chi connectivity index (χ4v) is 1.73. The van der Waals surface area contributed by atoms with Crippen LogP contribution in [0.4, 0.5) is 0 Å². The average Bonchev–Trinajstić information content (AvgIpc) is 2.38. The van der Waals surface area contributed by atoms with Gasteiger partial charge in [0, 0.05) is 12.6 Å². The molecule has 1 aromatic carbocycles. The van der Waals surface area contributed by atoms with Crippen LogP contribution in [0.1, 0.15) is 20.8 Å². The van der Waals surface area contributed by atoms with Crippen molar-refractivity contribution in [2.24, 2.45) is 0 Å². The second kappa shape index (κ2) is 8.53. The predicted octanol–water partition coefficient (Wildman–Crippen LogP) is 1.91. The third-order valence-electron chi connectivity index (χ3n) is 2.68. The van der Waals surface area contributed by atoms with E-state index in [1.165, 1.54) is 0 Å². The lowest BCUT2D eigenvalue weighted by Gasteiger charge is -2.20. The van der Waals surface area contributed by atoms with E-state index in [0.29, 0.717) is 13.2 Å². The molecule has 0 aliphatic carbocycles. The molecule has 0 radical (unpaired) electrons. The monoisotopic (exact) mass is 264 g/mol. The number of hydrogen-bond acceptors (Lipinski definition) is 3. The van der Waals surface area contributed by atoms with Gasteiger partial charge in [0.05, 0.1) is 6.54 Å². The van der Waals surface area contributed by atoms with Crippen molar-refractivity contribution in [3.05, 3.63) is 30.3 Å². The van der Waals surface area contributed by atoms with Crippen LogP contribution in [0, 0.1) is 0 Å². The molecule has 1 amide bonds. The summed E-state index contributed by atoms with van der Waals surface area (Å²) >= 11 is 0. The Labute approximate surface area is 115 Å². The summed E-state index contributed by atoms with van der Waals surface area (Å²) in [5.41, 5.74) is 0. The largest absolute Gasteiger partial charge is 0.492 e. The zero-order valence-electron chi connectivity index (χ0n) is 12.1. The van der Waals surface area contributed by atoms with E-state index in [0.717, 1.165) is 18.8 Å². The van der Waals surface area contributed by atoms with Gasteiger partial charge in [-0.15, -0.1) is 0 Å². The van der Waals surface area contributed by atoms with Crippen molar-refractivity contribution < 1.29 is 9.53 Å². The minimum atomic E-state index is 0.0663. The molecule has 1 N–H and O–H groups in total. The van der Waals surface area contributed by atoms with Gasteiger partial charge in [-0.1, -0.05) is 25.1 Å². The van der Waals surface area contributed by atoms with Crippen LogP contribution in [0.2, 0.25) is 0 Å². The lowest BCUT2D eigenvalue weighted by atomic mass is 10.3. The Kier molecular flexibility index (Phi) is 6.97. The SMILES string of the molecule is CCN(CCOc1ccccc1)CC(=O)NC(C)C. The highest BCUT2D eigenvalue weighted by molar-refractivity contribution is 5.78. The van der Waals surface area contributed by atoms with Crippen LogP contribution in [0.25, 0.3) is 0 Å². The molecule has 0 saturated heterocycles. The van der Waals surface area contributed by atoms with Gasteiger partial charge in [0.15, 0.2) is 0 Å². The Bertz CT molecular complexity index is 366. The summed E-state index contributed by atoms with van der Waals surface area (Å²) in [6.45, 7) is 8.57. The van der Waals surface area contributed by atoms with Gasteiger partial charge in [-0.05, 0) is 32.5 Å². The molecule has 1 rings (SSSR count). The molecule has 0 aromatic heterocycles. The second-order valence-corrected chi connectivity index (χ2v) is 4.75. The molecule has 0 aliphatic heterocycles. The van der Waals surface area contributed by atoms with Gasteiger partial charge in [-0.25, -0.2) is 0 Å². The smallest absolute Gasteiger partial charge is 0.234 e. The maximum absolute atomic E-state index is 11.7. The first-order chi connectivity index (χ1) is 9.11. The van der Waals surface area contributed by atoms with Crippen LogP contribution in [0.5, 0.6) is 5.75 Å². The lowest BCUT2D eigenvalue weighted by Crippen LogP contribution is -2.41. The number of hydrogen-bond donors (Lipinski definition) is 1. The molecule has 0 spiro atoms. The number of carbonyl (C=O) groups excluding carboxylic acids is 1. The van der Waals surface area contributed by atoms with Crippen molar-refractivity contribution in [1.29, 1.82) is 0 Å². The summed E-state index contributed by atoms with van der Waals surface area (Å²) < 4.78 is 5.63. The third-order valence-corrected chi connectivity index (χ3v) is 2.68. The van der Waals surface area contributed by atoms with E-state index in [-0.39, 0.29) is 11.9 Å². The molecule has 0 atom stereocenters. The Morgan fingerprint density at radius 1 is 1.32 bits per heavy atom. The summed E-state index contributed by atoms with van der Waals surface area (Å²) in [6.07, 6.45) is 0. The third kappa shape index (κ3) is 6.82. The number of carbonyl (C=O) groups is 1. The number of nitrogens with one attached hydrogen (secondary N) is 1. The van der Waals surface area contributed by atoms with Crippen molar-refractivity contribution in [3.8, 4) is 5.75 Å². The number of ether oxygens (including phenoxy) is 1. The predicted molar refractivity (Wildman–Crippen MR) is 77.3 cm³/mol. The van der Waals surface area contributed by atoms with Crippen molar-refractivity contribution in [2.75, 3.05) is 26.2 Å². The summed E-state index contributed by atoms with van der Waals surface area (Å²) in [6, 6.07) is 9.91. The number of nitrogens with zero attached hydrogens (tertiary/aromatic N) is 1. The number of para-hydroxylation sites is 1. The maximum atomic E-state index is 11.7. The minimum Gasteiger partial charge on any atom is -0.492 e. The van der Waals surface area contributed by atoms with E-state index in [1.54, 1.807) is 0 Å². The molecule has 0 unspecified atom stereocenters. The molecule has 4 heteroatoms. The van der Waals surface area contributed by atoms with Gasteiger partial charge in [-0.2, -0.15) is 0 Å². The first-order valence-corrected chi connectivity index (χ1v) is 6.81. The number of amides is 1. The topological polar surface area (TPSA) is 41.6 Å². The quantitative estimate of drug-likeness (QED) is 0.780. The molecule has 0 saturated carbocycles. The summed E-state index contributed by atoms with van der Waals surface area (Å²) in [5.74, 6) is 0.932. The highest BCUT2D eigenvalue weighted by atomic mass is 16.5. The Balaban J connectivity index is 2.27. The first kappa shape index (κ1) is 15.5. The van der Waals surface area contributed by atoms with Crippen molar-refractivity contribution in [2.45, 2.75) is 26.8 Å². The normalized spacial score (nSPS) is 10.8. The second-order valence-electron chi connectivity index (χ2n) is 4.75. The van der Waals surface area contributed by atoms with Crippen LogP contribution >= 0.6 is 0 Å². The van der Waals surface area contributed by atoms with E-state index in [1.807, 2.05) is 51.1 Å². The number of benzene rings is 1. The molecular formula is C15H24N2O2. The van der Waals surface area contributed by atoms with Crippen LogP contribution in [-0.2, 0) is 4.79 Å². The highest BCUT2D eigenvalue weighted by Crippen LogP contribution is 2.07. The van der Waals surface area contributed by atoms with Crippen LogP contribution in [-0.4, -0.2) is 43.1 Å². The highest BCUT2D eigenvalue weighted by Gasteiger charge is 2.09. The molecule has 19 heavy (non-hydrogen) atoms. The summed E-state index contributed by atoms with van der Waals surface area (Å²) in [5, 5.41) is 2.89. The van der Waals surface area contributed by atoms with Gasteiger partial charge in [-0.3, -0.25) is 9.69 Å². The molecule has 0 aliphatic rings. The Morgan fingerprint density at radius 3 is 2.58 bits per heavy atom. The van der Waals surface area contributed by atoms with Crippen molar-refractivity contribution in [1.82, 2.24) is 10.2 Å². The van der Waals surface area contributed by atoms with Gasteiger partial charge in [0.2, 0.25) is 5.91 Å². The maximum Gasteiger partial charge on any atom is 0.234 e. The minimum absolute atomic E-state index is 0.0663. The molecule has 0 bridgehead atoms. The molecule has 4 nitrogen and oxygen atoms in total. The van der Waals surface area contributed by atoms with Crippen LogP contribution < -0.4 is 10.1 Å². The zero-order chi connectivity index (χ0) is 14.1. The van der Waals surface area contributed by atoms with Crippen molar-refractivity contribution in [3.63, 3.8) is 0 Å². The molecule has 0 heterocycles. The summed E-state index contributed by atoms with van der Waals surface area (Å²) in [4.78, 5) is 13.7. The van der Waals surface area contributed by atoms with Gasteiger partial charge in [0.1, 0.15) is 12.4 Å². The van der Waals surface area contributed by atoms with Gasteiger partial charge < -0.3 is 10.1 Å². The molecule has 106 valence electrons. The van der Waals surface area contributed by atoms with Gasteiger partial charge in [0.25, 0.3) is 0 Å². The van der Waals surface area contributed by atoms with Crippen LogP contribution in [0.15, 0.2) is 30.3 Å². The Hall–Kier alpha value is -1.55. The van der Waals surface area contributed by atoms with Crippen molar-refractivity contribution >= 4 is 5.91 Å². The van der Waals surface area contributed by atoms with E-state index in [2.05, 4.69) is 10.2 Å². The standard InChI is InChI=1S/C15H24N2O2/c1-4-17(12-15(18)16-13(2)3)10-11-19-14-8-6-5-7-9-14/h5-9,13H,4,10-12H2,1-3H3,(H,16,18). The number of likely N-dealkylation sites (N-methyl/N-ethyl adjacent to an activating group) is 1. The van der Waals surface area contributed by atoms with E-state index >= 15 is 0 Å². The Morgan fingerprint density at radius 2 is 2.00 bits per heavy atom.